The zero-order chi connectivity index (χ0) is 26.6. The monoisotopic (exact) mass is 510 g/mol. The lowest BCUT2D eigenvalue weighted by atomic mass is 10.1. The third-order valence-corrected chi connectivity index (χ3v) is 5.50. The summed E-state index contributed by atoms with van der Waals surface area (Å²) >= 11 is 0. The van der Waals surface area contributed by atoms with Crippen LogP contribution in [0.4, 0.5) is 14.0 Å². The smallest absolute Gasteiger partial charge is 0.414 e. The number of nitrogens with one attached hydrogen (secondary N) is 1. The highest BCUT2D eigenvalue weighted by molar-refractivity contribution is 6.03. The first-order chi connectivity index (χ1) is 17.6. The Bertz CT molecular complexity index is 1290. The van der Waals surface area contributed by atoms with E-state index in [9.17, 15) is 18.8 Å². The number of hydrogen-bond acceptors (Lipinski definition) is 8. The Kier molecular flexibility index (Phi) is 7.51. The van der Waals surface area contributed by atoms with E-state index in [1.807, 2.05) is 0 Å². The van der Waals surface area contributed by atoms with Crippen molar-refractivity contribution in [3.8, 4) is 22.8 Å². The summed E-state index contributed by atoms with van der Waals surface area (Å²) in [5, 5.41) is 6.07. The van der Waals surface area contributed by atoms with E-state index in [-0.39, 0.29) is 22.8 Å². The average molecular weight is 511 g/mol. The van der Waals surface area contributed by atoms with E-state index < -0.39 is 35.6 Å². The average Bonchev–Trinajstić information content (AvgIpc) is 3.34. The molecule has 1 saturated heterocycles. The van der Waals surface area contributed by atoms with Crippen molar-refractivity contribution in [2.24, 2.45) is 0 Å². The number of carbonyl (C=O) groups is 3. The zero-order valence-corrected chi connectivity index (χ0v) is 20.7. The molecule has 0 aliphatic carbocycles. The minimum absolute atomic E-state index is 0.00393. The molecular formula is C26H27FN4O6. The Morgan fingerprint density at radius 2 is 1.81 bits per heavy atom. The van der Waals surface area contributed by atoms with E-state index in [0.717, 1.165) is 0 Å². The van der Waals surface area contributed by atoms with Crippen LogP contribution in [0.2, 0.25) is 0 Å². The molecule has 4 rings (SSSR count). The number of likely N-dealkylation sites (tertiary alicyclic amines) is 1. The summed E-state index contributed by atoms with van der Waals surface area (Å²) in [6, 6.07) is 12.3. The quantitative estimate of drug-likeness (QED) is 0.530. The van der Waals surface area contributed by atoms with Crippen LogP contribution >= 0.6 is 0 Å². The summed E-state index contributed by atoms with van der Waals surface area (Å²) < 4.78 is 29.9. The second-order valence-corrected chi connectivity index (χ2v) is 9.51. The molecule has 3 aromatic rings. The molecule has 0 radical (unpaired) electrons. The molecule has 194 valence electrons. The number of piperidine rings is 1. The molecule has 1 aromatic heterocycles. The lowest BCUT2D eigenvalue weighted by Crippen LogP contribution is -2.44. The number of amides is 3. The number of hydrogen-bond donors (Lipinski definition) is 1. The van der Waals surface area contributed by atoms with Gasteiger partial charge < -0.3 is 18.9 Å². The van der Waals surface area contributed by atoms with Gasteiger partial charge >= 0.3 is 12.2 Å². The summed E-state index contributed by atoms with van der Waals surface area (Å²) in [7, 11) is 0. The van der Waals surface area contributed by atoms with Crippen LogP contribution in [0.25, 0.3) is 22.8 Å². The third kappa shape index (κ3) is 6.69. The topological polar surface area (TPSA) is 124 Å². The van der Waals surface area contributed by atoms with Crippen molar-refractivity contribution in [2.75, 3.05) is 13.1 Å². The Hall–Kier alpha value is -4.28. The molecule has 1 aliphatic rings. The molecule has 0 atom stereocenters. The Balaban J connectivity index is 1.32. The number of rotatable bonds is 4. The van der Waals surface area contributed by atoms with Gasteiger partial charge in [0.15, 0.2) is 0 Å². The maximum atomic E-state index is 14.0. The minimum Gasteiger partial charge on any atom is -0.446 e. The van der Waals surface area contributed by atoms with Crippen molar-refractivity contribution in [1.29, 1.82) is 0 Å². The molecule has 1 fully saturated rings. The number of imide groups is 1. The van der Waals surface area contributed by atoms with Crippen LogP contribution in [-0.2, 0) is 9.47 Å². The van der Waals surface area contributed by atoms with E-state index >= 15 is 0 Å². The van der Waals surface area contributed by atoms with E-state index in [2.05, 4.69) is 15.5 Å². The number of alkyl carbamates (subject to hydrolysis) is 1. The second-order valence-electron chi connectivity index (χ2n) is 9.51. The van der Waals surface area contributed by atoms with Crippen LogP contribution in [0, 0.1) is 5.82 Å². The predicted molar refractivity (Wildman–Crippen MR) is 130 cm³/mol. The number of halogens is 1. The Morgan fingerprint density at radius 1 is 1.08 bits per heavy atom. The van der Waals surface area contributed by atoms with Crippen LogP contribution in [0.1, 0.15) is 44.0 Å². The van der Waals surface area contributed by atoms with Gasteiger partial charge in [-0.3, -0.25) is 10.1 Å². The maximum Gasteiger partial charge on any atom is 0.414 e. The highest BCUT2D eigenvalue weighted by Crippen LogP contribution is 2.25. The second kappa shape index (κ2) is 10.8. The molecule has 2 heterocycles. The SMILES string of the molecule is CC(C)(C)OC(=O)N1CCC(OC(=O)NC(=O)c2cccc(-c3noc(-c4ccccc4F)n3)c2)CC1. The van der Waals surface area contributed by atoms with E-state index in [4.69, 9.17) is 14.0 Å². The van der Waals surface area contributed by atoms with Gasteiger partial charge in [0.25, 0.3) is 11.8 Å². The van der Waals surface area contributed by atoms with Gasteiger partial charge in [-0.15, -0.1) is 0 Å². The molecule has 0 saturated carbocycles. The van der Waals surface area contributed by atoms with E-state index in [0.29, 0.717) is 31.5 Å². The van der Waals surface area contributed by atoms with Crippen molar-refractivity contribution < 1.29 is 32.8 Å². The fourth-order valence-corrected chi connectivity index (χ4v) is 3.71. The lowest BCUT2D eigenvalue weighted by Gasteiger charge is -2.33. The van der Waals surface area contributed by atoms with Gasteiger partial charge in [-0.05, 0) is 45.0 Å². The molecule has 1 N–H and O–H groups in total. The van der Waals surface area contributed by atoms with E-state index in [1.165, 1.54) is 24.3 Å². The Morgan fingerprint density at radius 3 is 2.51 bits per heavy atom. The molecule has 0 spiro atoms. The molecule has 10 nitrogen and oxygen atoms in total. The molecule has 2 aromatic carbocycles. The largest absolute Gasteiger partial charge is 0.446 e. The lowest BCUT2D eigenvalue weighted by molar-refractivity contribution is 0.00670. The van der Waals surface area contributed by atoms with Gasteiger partial charge in [0, 0.05) is 37.1 Å². The molecule has 3 amide bonds. The maximum absolute atomic E-state index is 14.0. The van der Waals surface area contributed by atoms with Gasteiger partial charge in [-0.25, -0.2) is 14.0 Å². The standard InChI is InChI=1S/C26H27FN4O6/c1-26(2,3)36-25(34)31-13-11-18(12-14-31)35-24(33)29-22(32)17-8-6-7-16(15-17)21-28-23(37-30-21)19-9-4-5-10-20(19)27/h4-10,15,18H,11-14H2,1-3H3,(H,29,32,33). The van der Waals surface area contributed by atoms with Crippen LogP contribution < -0.4 is 5.32 Å². The third-order valence-electron chi connectivity index (χ3n) is 5.50. The van der Waals surface area contributed by atoms with Gasteiger partial charge in [0.2, 0.25) is 5.82 Å². The van der Waals surface area contributed by atoms with Gasteiger partial charge in [0.1, 0.15) is 17.5 Å². The van der Waals surface area contributed by atoms with Crippen molar-refractivity contribution in [2.45, 2.75) is 45.3 Å². The van der Waals surface area contributed by atoms with E-state index in [1.54, 1.807) is 49.9 Å². The number of aromatic nitrogens is 2. The summed E-state index contributed by atoms with van der Waals surface area (Å²) in [5.74, 6) is -1.01. The van der Waals surface area contributed by atoms with Crippen molar-refractivity contribution in [3.05, 3.63) is 59.9 Å². The minimum atomic E-state index is -0.882. The highest BCUT2D eigenvalue weighted by Gasteiger charge is 2.29. The summed E-state index contributed by atoms with van der Waals surface area (Å²) in [6.45, 7) is 6.14. The summed E-state index contributed by atoms with van der Waals surface area (Å²) in [5.41, 5.74) is 0.191. The first-order valence-electron chi connectivity index (χ1n) is 11.8. The molecule has 0 unspecified atom stereocenters. The van der Waals surface area contributed by atoms with Crippen LogP contribution in [0.15, 0.2) is 53.1 Å². The van der Waals surface area contributed by atoms with Gasteiger partial charge in [-0.1, -0.05) is 29.4 Å². The molecule has 1 aliphatic heterocycles. The number of carbonyl (C=O) groups excluding carboxylic acids is 3. The first kappa shape index (κ1) is 25.8. The molecule has 0 bridgehead atoms. The highest BCUT2D eigenvalue weighted by atomic mass is 19.1. The zero-order valence-electron chi connectivity index (χ0n) is 20.7. The number of benzene rings is 2. The predicted octanol–water partition coefficient (Wildman–Crippen LogP) is 4.81. The fraction of sp³-hybridized carbons (Fsp3) is 0.346. The molecular weight excluding hydrogens is 483 g/mol. The number of nitrogens with zero attached hydrogens (tertiary/aromatic N) is 3. The summed E-state index contributed by atoms with van der Waals surface area (Å²) in [4.78, 5) is 42.9. The van der Waals surface area contributed by atoms with Crippen molar-refractivity contribution in [3.63, 3.8) is 0 Å². The van der Waals surface area contributed by atoms with Gasteiger partial charge in [0.05, 0.1) is 5.56 Å². The number of ether oxygens (including phenoxy) is 2. The van der Waals surface area contributed by atoms with Crippen LogP contribution in [0.3, 0.4) is 0 Å². The normalized spacial score (nSPS) is 14.2. The van der Waals surface area contributed by atoms with Crippen molar-refractivity contribution in [1.82, 2.24) is 20.4 Å². The van der Waals surface area contributed by atoms with Crippen molar-refractivity contribution >= 4 is 18.1 Å². The van der Waals surface area contributed by atoms with Crippen LogP contribution in [-0.4, -0.2) is 57.9 Å². The molecule has 37 heavy (non-hydrogen) atoms. The first-order valence-corrected chi connectivity index (χ1v) is 11.8. The van der Waals surface area contributed by atoms with Gasteiger partial charge in [-0.2, -0.15) is 4.98 Å². The molecule has 11 heteroatoms. The Labute approximate surface area is 212 Å². The fourth-order valence-electron chi connectivity index (χ4n) is 3.71. The summed E-state index contributed by atoms with van der Waals surface area (Å²) in [6.07, 6.45) is -0.869. The van der Waals surface area contributed by atoms with Crippen LogP contribution in [0.5, 0.6) is 0 Å².